The maximum Gasteiger partial charge on any atom is 0.291 e. The van der Waals surface area contributed by atoms with Crippen molar-refractivity contribution in [2.75, 3.05) is 20.6 Å². The average molecular weight is 410 g/mol. The van der Waals surface area contributed by atoms with Crippen LogP contribution in [0.25, 0.3) is 5.69 Å². The van der Waals surface area contributed by atoms with Crippen molar-refractivity contribution in [1.29, 1.82) is 0 Å². The van der Waals surface area contributed by atoms with Crippen LogP contribution in [0.1, 0.15) is 53.4 Å². The van der Waals surface area contributed by atoms with Crippen molar-refractivity contribution < 1.29 is 9.18 Å². The molecule has 0 bridgehead atoms. The Morgan fingerprint density at radius 2 is 1.80 bits per heavy atom. The van der Waals surface area contributed by atoms with E-state index in [0.717, 1.165) is 16.8 Å². The quantitative estimate of drug-likeness (QED) is 0.643. The minimum atomic E-state index is -0.340. The number of carbonyl (C=O) groups excluding carboxylic acids is 1. The summed E-state index contributed by atoms with van der Waals surface area (Å²) in [7, 11) is 3.83. The Hall–Kier alpha value is -3.06. The van der Waals surface area contributed by atoms with Crippen molar-refractivity contribution in [3.63, 3.8) is 0 Å². The molecule has 0 aliphatic heterocycles. The normalized spacial score (nSPS) is 12.4. The van der Waals surface area contributed by atoms with E-state index >= 15 is 0 Å². The Bertz CT molecular complexity index is 1010. The van der Waals surface area contributed by atoms with Gasteiger partial charge in [0.2, 0.25) is 5.82 Å². The number of nitrogens with zero attached hydrogens (tertiary/aromatic N) is 4. The zero-order valence-electron chi connectivity index (χ0n) is 18.1. The van der Waals surface area contributed by atoms with Gasteiger partial charge in [-0.2, -0.15) is 0 Å². The third-order valence-electron chi connectivity index (χ3n) is 5.09. The van der Waals surface area contributed by atoms with E-state index in [4.69, 9.17) is 0 Å². The highest BCUT2D eigenvalue weighted by atomic mass is 19.1. The first-order valence-corrected chi connectivity index (χ1v) is 10.0. The van der Waals surface area contributed by atoms with Crippen molar-refractivity contribution in [2.45, 2.75) is 32.7 Å². The third-order valence-corrected chi connectivity index (χ3v) is 5.09. The molecule has 3 aromatic rings. The number of para-hydroxylation sites is 1. The Balaban J connectivity index is 1.78. The Morgan fingerprint density at radius 3 is 2.43 bits per heavy atom. The van der Waals surface area contributed by atoms with Gasteiger partial charge in [-0.1, -0.05) is 44.2 Å². The highest BCUT2D eigenvalue weighted by Gasteiger charge is 2.20. The van der Waals surface area contributed by atoms with Crippen molar-refractivity contribution >= 4 is 5.91 Å². The molecule has 1 amide bonds. The van der Waals surface area contributed by atoms with Gasteiger partial charge in [0.25, 0.3) is 5.91 Å². The largest absolute Gasteiger partial charge is 0.347 e. The van der Waals surface area contributed by atoms with Gasteiger partial charge in [0.15, 0.2) is 0 Å². The molecule has 0 radical (unpaired) electrons. The molecule has 0 fully saturated rings. The summed E-state index contributed by atoms with van der Waals surface area (Å²) in [5.74, 6) is 0.470. The van der Waals surface area contributed by atoms with E-state index in [1.165, 1.54) is 12.1 Å². The number of nitrogens with one attached hydrogen (secondary N) is 1. The lowest BCUT2D eigenvalue weighted by molar-refractivity contribution is 0.0931. The predicted molar refractivity (Wildman–Crippen MR) is 115 cm³/mol. The Kier molecular flexibility index (Phi) is 6.62. The zero-order valence-corrected chi connectivity index (χ0v) is 18.1. The average Bonchev–Trinajstić information content (AvgIpc) is 3.10. The summed E-state index contributed by atoms with van der Waals surface area (Å²) in [6.45, 7) is 6.43. The second-order valence-corrected chi connectivity index (χ2v) is 7.85. The maximum atomic E-state index is 13.2. The van der Waals surface area contributed by atoms with E-state index in [2.05, 4.69) is 35.3 Å². The zero-order chi connectivity index (χ0) is 21.8. The molecule has 3 rings (SSSR count). The minimum absolute atomic E-state index is 0.0978. The van der Waals surface area contributed by atoms with E-state index in [1.54, 1.807) is 16.8 Å². The Morgan fingerprint density at radius 1 is 1.13 bits per heavy atom. The number of carbonyl (C=O) groups is 1. The second kappa shape index (κ2) is 9.17. The van der Waals surface area contributed by atoms with Crippen molar-refractivity contribution in [2.24, 2.45) is 0 Å². The summed E-state index contributed by atoms with van der Waals surface area (Å²) >= 11 is 0. The summed E-state index contributed by atoms with van der Waals surface area (Å²) in [4.78, 5) is 19.1. The number of rotatable bonds is 7. The summed E-state index contributed by atoms with van der Waals surface area (Å²) in [5, 5.41) is 7.37. The van der Waals surface area contributed by atoms with Crippen LogP contribution in [0.5, 0.6) is 0 Å². The van der Waals surface area contributed by atoms with Crippen molar-refractivity contribution in [3.8, 4) is 5.69 Å². The molecule has 1 N–H and O–H groups in total. The standard InChI is InChI=1S/C23H28FN5O/c1-15(2)19-8-6-7-9-20(19)29-16(3)26-22(27-29)23(30)25-14-21(28(4)5)17-10-12-18(24)13-11-17/h6-13,15,21H,14H2,1-5H3,(H,25,30). The van der Waals surface area contributed by atoms with Gasteiger partial charge in [-0.3, -0.25) is 4.79 Å². The number of amides is 1. The van der Waals surface area contributed by atoms with Gasteiger partial charge in [-0.25, -0.2) is 14.1 Å². The molecule has 0 saturated heterocycles. The molecule has 30 heavy (non-hydrogen) atoms. The number of hydrogen-bond acceptors (Lipinski definition) is 4. The SMILES string of the molecule is Cc1nc(C(=O)NCC(c2ccc(F)cc2)N(C)C)nn1-c1ccccc1C(C)C. The smallest absolute Gasteiger partial charge is 0.291 e. The molecule has 158 valence electrons. The van der Waals surface area contributed by atoms with Crippen LogP contribution in [-0.2, 0) is 0 Å². The molecule has 6 nitrogen and oxygen atoms in total. The molecule has 1 aromatic heterocycles. The van der Waals surface area contributed by atoms with Gasteiger partial charge in [-0.05, 0) is 56.3 Å². The van der Waals surface area contributed by atoms with Gasteiger partial charge in [0.05, 0.1) is 11.7 Å². The second-order valence-electron chi connectivity index (χ2n) is 7.85. The molecule has 7 heteroatoms. The van der Waals surface area contributed by atoms with E-state index in [-0.39, 0.29) is 23.6 Å². The van der Waals surface area contributed by atoms with Crippen LogP contribution in [0.4, 0.5) is 4.39 Å². The molecule has 1 heterocycles. The maximum absolute atomic E-state index is 13.2. The highest BCUT2D eigenvalue weighted by Crippen LogP contribution is 2.23. The number of aromatic nitrogens is 3. The lowest BCUT2D eigenvalue weighted by Gasteiger charge is -2.24. The Labute approximate surface area is 176 Å². The molecule has 0 spiro atoms. The lowest BCUT2D eigenvalue weighted by Crippen LogP contribution is -2.35. The van der Waals surface area contributed by atoms with Crippen LogP contribution >= 0.6 is 0 Å². The minimum Gasteiger partial charge on any atom is -0.347 e. The topological polar surface area (TPSA) is 63.1 Å². The number of halogens is 1. The van der Waals surface area contributed by atoms with Crippen LogP contribution in [-0.4, -0.2) is 46.2 Å². The van der Waals surface area contributed by atoms with Crippen molar-refractivity contribution in [1.82, 2.24) is 25.0 Å². The summed E-state index contributed by atoms with van der Waals surface area (Å²) in [6.07, 6.45) is 0. The lowest BCUT2D eigenvalue weighted by atomic mass is 10.0. The molecule has 1 unspecified atom stereocenters. The molecule has 1 atom stereocenters. The van der Waals surface area contributed by atoms with Gasteiger partial charge in [-0.15, -0.1) is 5.10 Å². The van der Waals surface area contributed by atoms with Crippen LogP contribution in [0.3, 0.4) is 0 Å². The van der Waals surface area contributed by atoms with Crippen LogP contribution < -0.4 is 5.32 Å². The number of aryl methyl sites for hydroxylation is 1. The summed E-state index contributed by atoms with van der Waals surface area (Å²) in [5.41, 5.74) is 2.98. The van der Waals surface area contributed by atoms with E-state index in [9.17, 15) is 9.18 Å². The fourth-order valence-electron chi connectivity index (χ4n) is 3.43. The predicted octanol–water partition coefficient (Wildman–Crippen LogP) is 3.87. The molecule has 0 saturated carbocycles. The third kappa shape index (κ3) is 4.74. The summed E-state index contributed by atoms with van der Waals surface area (Å²) < 4.78 is 15.0. The van der Waals surface area contributed by atoms with Crippen LogP contribution in [0.2, 0.25) is 0 Å². The first-order valence-electron chi connectivity index (χ1n) is 10.0. The molecular weight excluding hydrogens is 381 g/mol. The fraction of sp³-hybridized carbons (Fsp3) is 0.348. The van der Waals surface area contributed by atoms with Gasteiger partial charge in [0.1, 0.15) is 11.6 Å². The molecule has 2 aromatic carbocycles. The van der Waals surface area contributed by atoms with E-state index in [1.807, 2.05) is 44.1 Å². The number of benzene rings is 2. The number of likely N-dealkylation sites (N-methyl/N-ethyl adjacent to an activating group) is 1. The van der Waals surface area contributed by atoms with Crippen LogP contribution in [0.15, 0.2) is 48.5 Å². The van der Waals surface area contributed by atoms with Gasteiger partial charge >= 0.3 is 0 Å². The van der Waals surface area contributed by atoms with Gasteiger partial charge in [0, 0.05) is 6.54 Å². The first-order chi connectivity index (χ1) is 14.3. The fourth-order valence-corrected chi connectivity index (χ4v) is 3.43. The monoisotopic (exact) mass is 409 g/mol. The molecule has 0 aliphatic carbocycles. The number of hydrogen-bond donors (Lipinski definition) is 1. The van der Waals surface area contributed by atoms with E-state index < -0.39 is 0 Å². The first kappa shape index (κ1) is 21.6. The van der Waals surface area contributed by atoms with Gasteiger partial charge < -0.3 is 10.2 Å². The van der Waals surface area contributed by atoms with Crippen molar-refractivity contribution in [3.05, 3.63) is 77.1 Å². The van der Waals surface area contributed by atoms with Crippen LogP contribution in [0, 0.1) is 12.7 Å². The van der Waals surface area contributed by atoms with E-state index in [0.29, 0.717) is 18.3 Å². The highest BCUT2D eigenvalue weighted by molar-refractivity contribution is 5.90. The molecular formula is C23H28FN5O. The molecule has 0 aliphatic rings. The summed E-state index contributed by atoms with van der Waals surface area (Å²) in [6, 6.07) is 14.2.